The van der Waals surface area contributed by atoms with Crippen LogP contribution in [0.15, 0.2) is 60.7 Å². The monoisotopic (exact) mass is 224 g/mol. The zero-order valence-electron chi connectivity index (χ0n) is 11.1. The minimum atomic E-state index is 0. The zero-order chi connectivity index (χ0) is 9.80. The van der Waals surface area contributed by atoms with Crippen LogP contribution in [0.25, 0.3) is 0 Å². The molecule has 0 aliphatic rings. The van der Waals surface area contributed by atoms with Crippen molar-refractivity contribution < 1.29 is 2.85 Å². The van der Waals surface area contributed by atoms with Crippen molar-refractivity contribution in [3.63, 3.8) is 0 Å². The van der Waals surface area contributed by atoms with Crippen LogP contribution in [-0.2, 0) is 0 Å². The SMILES string of the molecule is [H-].[H-].[Mg+2].[SiH3]C(c1ccccc1)c1ccccc1. The predicted molar refractivity (Wildman–Crippen MR) is 72.6 cm³/mol. The Kier molecular flexibility index (Phi) is 5.08. The summed E-state index contributed by atoms with van der Waals surface area (Å²) in [5.74, 6) is 0. The van der Waals surface area contributed by atoms with E-state index in [9.17, 15) is 0 Å². The van der Waals surface area contributed by atoms with Crippen LogP contribution in [0.1, 0.15) is 19.5 Å². The molecule has 0 fully saturated rings. The second-order valence-corrected chi connectivity index (χ2v) is 4.70. The van der Waals surface area contributed by atoms with Gasteiger partial charge in [0, 0.05) is 10.2 Å². The van der Waals surface area contributed by atoms with Crippen LogP contribution in [0.2, 0.25) is 0 Å². The molecule has 2 aromatic rings. The Labute approximate surface area is 113 Å². The number of benzene rings is 2. The van der Waals surface area contributed by atoms with Crippen LogP contribution in [0.4, 0.5) is 0 Å². The molecule has 0 saturated heterocycles. The van der Waals surface area contributed by atoms with Crippen LogP contribution in [0.3, 0.4) is 0 Å². The molecular weight excluding hydrogens is 209 g/mol. The molecular formula is C13H16MgSi. The van der Waals surface area contributed by atoms with E-state index in [-0.39, 0.29) is 25.9 Å². The van der Waals surface area contributed by atoms with Gasteiger partial charge in [-0.1, -0.05) is 60.7 Å². The van der Waals surface area contributed by atoms with Crippen molar-refractivity contribution in [2.75, 3.05) is 0 Å². The van der Waals surface area contributed by atoms with Crippen LogP contribution in [0, 0.1) is 0 Å². The van der Waals surface area contributed by atoms with Gasteiger partial charge in [0.2, 0.25) is 0 Å². The fraction of sp³-hybridized carbons (Fsp3) is 0.0769. The molecule has 0 aliphatic heterocycles. The fourth-order valence-electron chi connectivity index (χ4n) is 1.68. The van der Waals surface area contributed by atoms with E-state index in [4.69, 9.17) is 0 Å². The summed E-state index contributed by atoms with van der Waals surface area (Å²) in [5, 5.41) is 0. The van der Waals surface area contributed by atoms with Crippen molar-refractivity contribution in [3.05, 3.63) is 71.8 Å². The molecule has 74 valence electrons. The Morgan fingerprint density at radius 1 is 0.733 bits per heavy atom. The first kappa shape index (κ1) is 12.5. The minimum Gasteiger partial charge on any atom is -1.00 e. The maximum absolute atomic E-state index is 2.21. The Bertz CT molecular complexity index is 355. The molecule has 0 atom stereocenters. The zero-order valence-corrected chi connectivity index (χ0v) is 12.5. The molecule has 0 N–H and O–H groups in total. The van der Waals surface area contributed by atoms with E-state index in [0.29, 0.717) is 5.54 Å². The van der Waals surface area contributed by atoms with Gasteiger partial charge in [0.05, 0.1) is 0 Å². The normalized spacial score (nSPS) is 9.93. The van der Waals surface area contributed by atoms with Gasteiger partial charge in [0.25, 0.3) is 0 Å². The fourth-order valence-corrected chi connectivity index (χ4v) is 2.45. The summed E-state index contributed by atoms with van der Waals surface area (Å²) in [6, 6.07) is 21.5. The Hall–Kier alpha value is -0.577. The van der Waals surface area contributed by atoms with E-state index in [2.05, 4.69) is 60.7 Å². The third-order valence-corrected chi connectivity index (χ3v) is 3.93. The maximum atomic E-state index is 2.21. The van der Waals surface area contributed by atoms with E-state index in [1.54, 1.807) is 0 Å². The van der Waals surface area contributed by atoms with Gasteiger partial charge in [-0.15, -0.1) is 0 Å². The number of rotatable bonds is 2. The van der Waals surface area contributed by atoms with E-state index < -0.39 is 0 Å². The van der Waals surface area contributed by atoms with E-state index in [1.807, 2.05) is 0 Å². The molecule has 0 unspecified atom stereocenters. The van der Waals surface area contributed by atoms with Crippen molar-refractivity contribution in [2.24, 2.45) is 0 Å². The summed E-state index contributed by atoms with van der Waals surface area (Å²) >= 11 is 0. The van der Waals surface area contributed by atoms with E-state index in [1.165, 1.54) is 11.1 Å². The van der Waals surface area contributed by atoms with Crippen LogP contribution >= 0.6 is 0 Å². The summed E-state index contributed by atoms with van der Waals surface area (Å²) in [6.07, 6.45) is 0. The smallest absolute Gasteiger partial charge is 1.00 e. The Morgan fingerprint density at radius 2 is 1.07 bits per heavy atom. The molecule has 2 rings (SSSR count). The Balaban J connectivity index is 0. The first-order valence-corrected chi connectivity index (χ1v) is 6.13. The Morgan fingerprint density at radius 3 is 1.40 bits per heavy atom. The van der Waals surface area contributed by atoms with Crippen molar-refractivity contribution in [3.8, 4) is 0 Å². The average Bonchev–Trinajstić information content (AvgIpc) is 2.30. The molecule has 0 aromatic heterocycles. The molecule has 0 nitrogen and oxygen atoms in total. The summed E-state index contributed by atoms with van der Waals surface area (Å²) in [4.78, 5) is 0. The third-order valence-electron chi connectivity index (χ3n) is 2.60. The molecule has 0 saturated carbocycles. The molecule has 2 aromatic carbocycles. The molecule has 0 bridgehead atoms. The van der Waals surface area contributed by atoms with Gasteiger partial charge in [-0.2, -0.15) is 0 Å². The second-order valence-electron chi connectivity index (χ2n) is 3.54. The molecule has 0 heterocycles. The van der Waals surface area contributed by atoms with Gasteiger partial charge in [0.1, 0.15) is 0 Å². The van der Waals surface area contributed by atoms with E-state index in [0.717, 1.165) is 10.2 Å². The summed E-state index contributed by atoms with van der Waals surface area (Å²) in [7, 11) is 1.16. The molecule has 0 spiro atoms. The van der Waals surface area contributed by atoms with Crippen LogP contribution in [0.5, 0.6) is 0 Å². The summed E-state index contributed by atoms with van der Waals surface area (Å²) in [6.45, 7) is 0. The summed E-state index contributed by atoms with van der Waals surface area (Å²) < 4.78 is 0. The third kappa shape index (κ3) is 3.19. The first-order valence-electron chi connectivity index (χ1n) is 4.98. The molecule has 0 amide bonds. The number of hydrogen-bond donors (Lipinski definition) is 0. The van der Waals surface area contributed by atoms with E-state index >= 15 is 0 Å². The van der Waals surface area contributed by atoms with Crippen molar-refractivity contribution >= 4 is 33.3 Å². The predicted octanol–water partition coefficient (Wildman–Crippen LogP) is 1.99. The molecule has 0 radical (unpaired) electrons. The van der Waals surface area contributed by atoms with Gasteiger partial charge in [-0.05, 0) is 16.7 Å². The van der Waals surface area contributed by atoms with Gasteiger partial charge in [-0.3, -0.25) is 0 Å². The van der Waals surface area contributed by atoms with Crippen molar-refractivity contribution in [1.82, 2.24) is 0 Å². The molecule has 15 heavy (non-hydrogen) atoms. The van der Waals surface area contributed by atoms with Gasteiger partial charge < -0.3 is 2.85 Å². The first-order chi connectivity index (χ1) is 6.88. The summed E-state index contributed by atoms with van der Waals surface area (Å²) in [5.41, 5.74) is 3.49. The maximum Gasteiger partial charge on any atom is 2.00 e. The quantitative estimate of drug-likeness (QED) is 0.685. The van der Waals surface area contributed by atoms with Crippen LogP contribution in [-0.4, -0.2) is 33.3 Å². The molecule has 0 aliphatic carbocycles. The van der Waals surface area contributed by atoms with Crippen molar-refractivity contribution in [1.29, 1.82) is 0 Å². The minimum absolute atomic E-state index is 0. The van der Waals surface area contributed by atoms with Gasteiger partial charge >= 0.3 is 23.1 Å². The number of hydrogen-bond acceptors (Lipinski definition) is 0. The molecule has 2 heteroatoms. The van der Waals surface area contributed by atoms with Crippen molar-refractivity contribution in [2.45, 2.75) is 5.54 Å². The van der Waals surface area contributed by atoms with Gasteiger partial charge in [-0.25, -0.2) is 0 Å². The second kappa shape index (κ2) is 6.10. The van der Waals surface area contributed by atoms with Crippen LogP contribution < -0.4 is 0 Å². The average molecular weight is 225 g/mol. The van der Waals surface area contributed by atoms with Gasteiger partial charge in [0.15, 0.2) is 0 Å². The topological polar surface area (TPSA) is 0 Å². The standard InChI is InChI=1S/C13H14Si.Mg.2H/c14-13(11-7-3-1-4-8-11)12-9-5-2-6-10-12;;;/h1-10,13H,14H3;;;/q;+2;2*-1. The largest absolute Gasteiger partial charge is 2.00 e.